The number of aliphatic hydroxyl groups is 3. The number of ether oxygens (including phenoxy) is 1. The van der Waals surface area contributed by atoms with Gasteiger partial charge in [0.25, 0.3) is 0 Å². The summed E-state index contributed by atoms with van der Waals surface area (Å²) in [5.74, 6) is -1.45. The van der Waals surface area contributed by atoms with Crippen LogP contribution in [0.5, 0.6) is 0 Å². The third-order valence-corrected chi connectivity index (χ3v) is 5.36. The lowest BCUT2D eigenvalue weighted by Crippen LogP contribution is -2.64. The average molecular weight is 266 g/mol. The van der Waals surface area contributed by atoms with Gasteiger partial charge in [-0.05, 0) is 36.3 Å². The third kappa shape index (κ3) is 1.54. The normalized spacial score (nSPS) is 53.5. The third-order valence-electron chi connectivity index (χ3n) is 5.36. The lowest BCUT2D eigenvalue weighted by atomic mass is 9.57. The fourth-order valence-electron chi connectivity index (χ4n) is 4.13. The van der Waals surface area contributed by atoms with Crippen molar-refractivity contribution in [1.82, 2.24) is 0 Å². The summed E-state index contributed by atoms with van der Waals surface area (Å²) in [6.07, 6.45) is 2.46. The maximum atomic E-state index is 11.1. The fourth-order valence-corrected chi connectivity index (χ4v) is 4.13. The lowest BCUT2D eigenvalue weighted by molar-refractivity contribution is -0.294. The van der Waals surface area contributed by atoms with Gasteiger partial charge in [0, 0.05) is 12.3 Å². The first-order chi connectivity index (χ1) is 8.79. The molecule has 3 rings (SSSR count). The Balaban J connectivity index is 2.11. The second kappa shape index (κ2) is 3.92. The quantitative estimate of drug-likeness (QED) is 0.572. The van der Waals surface area contributed by atoms with Crippen molar-refractivity contribution in [1.29, 1.82) is 0 Å². The summed E-state index contributed by atoms with van der Waals surface area (Å²) in [5, 5.41) is 31.8. The van der Waals surface area contributed by atoms with E-state index in [1.807, 2.05) is 19.9 Å². The molecule has 0 spiro atoms. The molecule has 3 aliphatic rings. The number of fused-ring (bicyclic) bond motifs is 3. The van der Waals surface area contributed by atoms with Crippen LogP contribution in [0.4, 0.5) is 0 Å². The Labute approximate surface area is 113 Å². The molecule has 4 nitrogen and oxygen atoms in total. The number of hydrogen-bond acceptors (Lipinski definition) is 4. The van der Waals surface area contributed by atoms with E-state index in [2.05, 4.69) is 6.58 Å². The summed E-state index contributed by atoms with van der Waals surface area (Å²) in [4.78, 5) is 0. The molecule has 4 heteroatoms. The Morgan fingerprint density at radius 3 is 2.79 bits per heavy atom. The fraction of sp³-hybridized carbons (Fsp3) is 0.733. The molecule has 0 amide bonds. The monoisotopic (exact) mass is 266 g/mol. The van der Waals surface area contributed by atoms with Gasteiger partial charge in [-0.2, -0.15) is 0 Å². The van der Waals surface area contributed by atoms with Gasteiger partial charge < -0.3 is 20.1 Å². The van der Waals surface area contributed by atoms with Crippen molar-refractivity contribution in [2.45, 2.75) is 44.2 Å². The lowest BCUT2D eigenvalue weighted by Gasteiger charge is -2.53. The van der Waals surface area contributed by atoms with Crippen molar-refractivity contribution < 1.29 is 20.1 Å². The largest absolute Gasteiger partial charge is 0.389 e. The maximum absolute atomic E-state index is 11.1. The summed E-state index contributed by atoms with van der Waals surface area (Å²) < 4.78 is 5.46. The minimum Gasteiger partial charge on any atom is -0.389 e. The Kier molecular flexibility index (Phi) is 2.74. The molecule has 106 valence electrons. The van der Waals surface area contributed by atoms with Crippen molar-refractivity contribution in [3.63, 3.8) is 0 Å². The van der Waals surface area contributed by atoms with Gasteiger partial charge in [0.15, 0.2) is 5.79 Å². The van der Waals surface area contributed by atoms with Crippen LogP contribution >= 0.6 is 0 Å². The predicted octanol–water partition coefficient (Wildman–Crippen LogP) is 0.976. The zero-order chi connectivity index (χ0) is 14.0. The van der Waals surface area contributed by atoms with Crippen LogP contribution in [0.15, 0.2) is 23.8 Å². The van der Waals surface area contributed by atoms with Crippen LogP contribution in [-0.2, 0) is 4.74 Å². The van der Waals surface area contributed by atoms with Gasteiger partial charge in [0.2, 0.25) is 0 Å². The smallest absolute Gasteiger partial charge is 0.200 e. The molecule has 19 heavy (non-hydrogen) atoms. The highest BCUT2D eigenvalue weighted by molar-refractivity contribution is 5.33. The van der Waals surface area contributed by atoms with Crippen molar-refractivity contribution in [3.8, 4) is 0 Å². The molecule has 6 atom stereocenters. The first kappa shape index (κ1) is 13.3. The molecule has 2 fully saturated rings. The molecule has 1 saturated heterocycles. The van der Waals surface area contributed by atoms with E-state index in [9.17, 15) is 15.3 Å². The standard InChI is InChI=1S/C15H22O4/c1-8-4-12-11(5-13(8)16)9(2)6-14(17)15(12,18)10(3)7-19-14/h4,9,11-13,16-18H,3,5-7H2,1-2H3/t9-,11+,12+,13-,14+,15+/m0/s1. The summed E-state index contributed by atoms with van der Waals surface area (Å²) in [7, 11) is 0. The second-order valence-corrected chi connectivity index (χ2v) is 6.48. The van der Waals surface area contributed by atoms with Crippen molar-refractivity contribution in [3.05, 3.63) is 23.8 Å². The summed E-state index contributed by atoms with van der Waals surface area (Å²) >= 11 is 0. The number of hydrogen-bond donors (Lipinski definition) is 3. The topological polar surface area (TPSA) is 69.9 Å². The molecule has 0 aromatic carbocycles. The van der Waals surface area contributed by atoms with E-state index < -0.39 is 17.5 Å². The van der Waals surface area contributed by atoms with Crippen molar-refractivity contribution in [2.24, 2.45) is 17.8 Å². The van der Waals surface area contributed by atoms with Crippen LogP contribution in [0.2, 0.25) is 0 Å². The van der Waals surface area contributed by atoms with E-state index >= 15 is 0 Å². The molecule has 0 radical (unpaired) electrons. The van der Waals surface area contributed by atoms with Crippen LogP contribution in [-0.4, -0.2) is 39.4 Å². The predicted molar refractivity (Wildman–Crippen MR) is 70.1 cm³/mol. The molecule has 0 bridgehead atoms. The van der Waals surface area contributed by atoms with Crippen LogP contribution in [0, 0.1) is 17.8 Å². The SMILES string of the molecule is C=C1CO[C@]2(O)C[C@H](C)[C@H]3C[C@H](O)C(C)=C[C@H]3[C@]12O. The molecule has 0 aromatic rings. The van der Waals surface area contributed by atoms with Gasteiger partial charge in [-0.15, -0.1) is 0 Å². The van der Waals surface area contributed by atoms with E-state index in [0.29, 0.717) is 18.4 Å². The highest BCUT2D eigenvalue weighted by Gasteiger charge is 2.66. The van der Waals surface area contributed by atoms with Crippen LogP contribution < -0.4 is 0 Å². The minimum absolute atomic E-state index is 0.141. The summed E-state index contributed by atoms with van der Waals surface area (Å²) in [5.41, 5.74) is -0.0332. The maximum Gasteiger partial charge on any atom is 0.200 e. The molecular formula is C15H22O4. The zero-order valence-corrected chi connectivity index (χ0v) is 11.5. The molecule has 0 unspecified atom stereocenters. The molecule has 2 aliphatic carbocycles. The molecule has 1 aliphatic heterocycles. The molecule has 1 heterocycles. The van der Waals surface area contributed by atoms with E-state index in [4.69, 9.17) is 4.74 Å². The summed E-state index contributed by atoms with van der Waals surface area (Å²) in [6.45, 7) is 7.99. The number of rotatable bonds is 0. The van der Waals surface area contributed by atoms with Crippen LogP contribution in [0.25, 0.3) is 0 Å². The Morgan fingerprint density at radius 2 is 2.11 bits per heavy atom. The Morgan fingerprint density at radius 1 is 1.42 bits per heavy atom. The van der Waals surface area contributed by atoms with Gasteiger partial charge in [-0.3, -0.25) is 0 Å². The van der Waals surface area contributed by atoms with Gasteiger partial charge in [0.1, 0.15) is 5.60 Å². The first-order valence-corrected chi connectivity index (χ1v) is 6.93. The second-order valence-electron chi connectivity index (χ2n) is 6.48. The van der Waals surface area contributed by atoms with E-state index in [-0.39, 0.29) is 24.4 Å². The molecule has 1 saturated carbocycles. The minimum atomic E-state index is -1.54. The van der Waals surface area contributed by atoms with E-state index in [1.165, 1.54) is 0 Å². The van der Waals surface area contributed by atoms with Crippen LogP contribution in [0.1, 0.15) is 26.7 Å². The van der Waals surface area contributed by atoms with Gasteiger partial charge in [-0.25, -0.2) is 0 Å². The van der Waals surface area contributed by atoms with Crippen molar-refractivity contribution >= 4 is 0 Å². The molecular weight excluding hydrogens is 244 g/mol. The Hall–Kier alpha value is -0.680. The number of aliphatic hydroxyl groups excluding tert-OH is 1. The summed E-state index contributed by atoms with van der Waals surface area (Å²) in [6, 6.07) is 0. The van der Waals surface area contributed by atoms with Gasteiger partial charge >= 0.3 is 0 Å². The van der Waals surface area contributed by atoms with Gasteiger partial charge in [0.05, 0.1) is 12.7 Å². The van der Waals surface area contributed by atoms with Gasteiger partial charge in [-0.1, -0.05) is 19.6 Å². The highest BCUT2D eigenvalue weighted by Crippen LogP contribution is 2.57. The average Bonchev–Trinajstić information content (AvgIpc) is 2.57. The molecule has 3 N–H and O–H groups in total. The highest BCUT2D eigenvalue weighted by atomic mass is 16.6. The van der Waals surface area contributed by atoms with Crippen molar-refractivity contribution in [2.75, 3.05) is 6.61 Å². The molecule has 0 aromatic heterocycles. The van der Waals surface area contributed by atoms with E-state index in [1.54, 1.807) is 0 Å². The van der Waals surface area contributed by atoms with Crippen LogP contribution in [0.3, 0.4) is 0 Å². The van der Waals surface area contributed by atoms with E-state index in [0.717, 1.165) is 5.57 Å². The first-order valence-electron chi connectivity index (χ1n) is 6.93. The zero-order valence-electron chi connectivity index (χ0n) is 11.5. The Bertz CT molecular complexity index is 457.